The van der Waals surface area contributed by atoms with Gasteiger partial charge in [0.25, 0.3) is 15.9 Å². The Morgan fingerprint density at radius 2 is 1.64 bits per heavy atom. The topological polar surface area (TPSA) is 66.9 Å². The van der Waals surface area contributed by atoms with Gasteiger partial charge in [0, 0.05) is 19.7 Å². The van der Waals surface area contributed by atoms with Gasteiger partial charge in [-0.15, -0.1) is 0 Å². The Balaban J connectivity index is 1.95. The summed E-state index contributed by atoms with van der Waals surface area (Å²) in [7, 11) is 0.591. The Kier molecular flexibility index (Phi) is 7.07. The third kappa shape index (κ3) is 4.85. The number of amides is 1. The van der Waals surface area contributed by atoms with E-state index < -0.39 is 10.0 Å². The van der Waals surface area contributed by atoms with Crippen molar-refractivity contribution in [3.8, 4) is 5.75 Å². The van der Waals surface area contributed by atoms with Crippen molar-refractivity contribution in [2.75, 3.05) is 25.5 Å². The van der Waals surface area contributed by atoms with E-state index in [1.54, 1.807) is 56.4 Å². The number of carbonyl (C=O) groups excluding carboxylic acids is 1. The second kappa shape index (κ2) is 9.62. The van der Waals surface area contributed by atoms with E-state index in [0.29, 0.717) is 17.0 Å². The van der Waals surface area contributed by atoms with Crippen molar-refractivity contribution in [2.45, 2.75) is 24.8 Å². The predicted octanol–water partition coefficient (Wildman–Crippen LogP) is 4.80. The van der Waals surface area contributed by atoms with Crippen LogP contribution in [0.4, 0.5) is 10.1 Å². The fourth-order valence-corrected chi connectivity index (χ4v) is 4.73. The van der Waals surface area contributed by atoms with Gasteiger partial charge in [0.05, 0.1) is 23.7 Å². The largest absolute Gasteiger partial charge is 0.495 e. The molecule has 0 heterocycles. The summed E-state index contributed by atoms with van der Waals surface area (Å²) >= 11 is 0. The molecule has 0 radical (unpaired) electrons. The Hall–Kier alpha value is -3.39. The van der Waals surface area contributed by atoms with Crippen LogP contribution >= 0.6 is 0 Å². The summed E-state index contributed by atoms with van der Waals surface area (Å²) in [6, 6.07) is 16.9. The van der Waals surface area contributed by atoms with Crippen LogP contribution in [0.2, 0.25) is 0 Å². The first-order valence-electron chi connectivity index (χ1n) is 10.3. The molecule has 3 aromatic carbocycles. The molecule has 33 heavy (non-hydrogen) atoms. The van der Waals surface area contributed by atoms with E-state index in [-0.39, 0.29) is 28.2 Å². The molecule has 0 aliphatic carbocycles. The van der Waals surface area contributed by atoms with E-state index in [4.69, 9.17) is 4.74 Å². The molecule has 0 saturated carbocycles. The second-order valence-electron chi connectivity index (χ2n) is 7.76. The molecule has 6 nitrogen and oxygen atoms in total. The number of carbonyl (C=O) groups is 1. The van der Waals surface area contributed by atoms with Crippen LogP contribution in [0.25, 0.3) is 0 Å². The summed E-state index contributed by atoms with van der Waals surface area (Å²) < 4.78 is 46.4. The minimum atomic E-state index is -3.96. The highest BCUT2D eigenvalue weighted by Gasteiger charge is 2.27. The highest BCUT2D eigenvalue weighted by Crippen LogP contribution is 2.32. The lowest BCUT2D eigenvalue weighted by atomic mass is 10.0. The molecule has 0 bridgehead atoms. The third-order valence-corrected chi connectivity index (χ3v) is 7.54. The lowest BCUT2D eigenvalue weighted by molar-refractivity contribution is 0.0741. The molecule has 174 valence electrons. The maximum Gasteiger partial charge on any atom is 0.264 e. The quantitative estimate of drug-likeness (QED) is 0.498. The molecule has 1 atom stereocenters. The third-order valence-electron chi connectivity index (χ3n) is 5.78. The van der Waals surface area contributed by atoms with Gasteiger partial charge in [-0.3, -0.25) is 9.10 Å². The van der Waals surface area contributed by atoms with E-state index >= 15 is 0 Å². The lowest BCUT2D eigenvalue weighted by Gasteiger charge is -2.27. The molecule has 0 aliphatic rings. The molecule has 0 saturated heterocycles. The molecular weight excluding hydrogens is 443 g/mol. The van der Waals surface area contributed by atoms with Crippen LogP contribution in [0, 0.1) is 12.7 Å². The molecule has 1 unspecified atom stereocenters. The van der Waals surface area contributed by atoms with Gasteiger partial charge in [-0.25, -0.2) is 12.8 Å². The number of rotatable bonds is 7. The fraction of sp³-hybridized carbons (Fsp3) is 0.240. The zero-order valence-electron chi connectivity index (χ0n) is 19.2. The number of benzene rings is 3. The molecular formula is C25H27FN2O4S. The van der Waals surface area contributed by atoms with Crippen molar-refractivity contribution in [3.05, 3.63) is 89.2 Å². The first-order chi connectivity index (χ1) is 15.6. The maximum atomic E-state index is 13.4. The number of halogens is 1. The number of para-hydroxylation sites is 2. The summed E-state index contributed by atoms with van der Waals surface area (Å²) in [6.07, 6.45) is 0. The fourth-order valence-electron chi connectivity index (χ4n) is 3.50. The molecule has 0 spiro atoms. The number of anilines is 1. The van der Waals surface area contributed by atoms with Crippen LogP contribution in [0.1, 0.15) is 34.5 Å². The SMILES string of the molecule is COc1ccccc1N(C)S(=O)(=O)c1ccc(C)c(C(=O)N(C)C(C)c2ccc(F)cc2)c1. The number of nitrogens with zero attached hydrogens (tertiary/aromatic N) is 2. The van der Waals surface area contributed by atoms with Crippen molar-refractivity contribution in [1.82, 2.24) is 4.90 Å². The van der Waals surface area contributed by atoms with Crippen molar-refractivity contribution in [2.24, 2.45) is 0 Å². The van der Waals surface area contributed by atoms with Gasteiger partial charge in [0.15, 0.2) is 0 Å². The smallest absolute Gasteiger partial charge is 0.264 e. The average molecular weight is 471 g/mol. The number of hydrogen-bond donors (Lipinski definition) is 0. The number of ether oxygens (including phenoxy) is 1. The summed E-state index contributed by atoms with van der Waals surface area (Å²) in [5.41, 5.74) is 2.08. The molecule has 3 rings (SSSR count). The lowest BCUT2D eigenvalue weighted by Crippen LogP contribution is -2.31. The van der Waals surface area contributed by atoms with Crippen molar-refractivity contribution in [3.63, 3.8) is 0 Å². The molecule has 1 amide bonds. The van der Waals surface area contributed by atoms with Gasteiger partial charge < -0.3 is 9.64 Å². The van der Waals surface area contributed by atoms with Crippen LogP contribution in [0.15, 0.2) is 71.6 Å². The Labute approximate surface area is 194 Å². The summed E-state index contributed by atoms with van der Waals surface area (Å²) in [5, 5.41) is 0. The monoisotopic (exact) mass is 470 g/mol. The van der Waals surface area contributed by atoms with E-state index in [9.17, 15) is 17.6 Å². The molecule has 3 aromatic rings. The standard InChI is InChI=1S/C25H27FN2O4S/c1-17-10-15-21(33(30,31)28(4)23-8-6-7-9-24(23)32-5)16-22(17)25(29)27(3)18(2)19-11-13-20(26)14-12-19/h6-16,18H,1-5H3. The van der Waals surface area contributed by atoms with E-state index in [2.05, 4.69) is 0 Å². The molecule has 8 heteroatoms. The minimum absolute atomic E-state index is 0.00677. The van der Waals surface area contributed by atoms with Crippen LogP contribution in [0.5, 0.6) is 5.75 Å². The number of hydrogen-bond acceptors (Lipinski definition) is 4. The Morgan fingerprint density at radius 3 is 2.27 bits per heavy atom. The van der Waals surface area contributed by atoms with Crippen LogP contribution in [-0.4, -0.2) is 40.4 Å². The van der Waals surface area contributed by atoms with Gasteiger partial charge in [-0.2, -0.15) is 0 Å². The van der Waals surface area contributed by atoms with E-state index in [1.807, 2.05) is 6.92 Å². The van der Waals surface area contributed by atoms with Crippen molar-refractivity contribution >= 4 is 21.6 Å². The summed E-state index contributed by atoms with van der Waals surface area (Å²) in [4.78, 5) is 14.8. The highest BCUT2D eigenvalue weighted by atomic mass is 32.2. The average Bonchev–Trinajstić information content (AvgIpc) is 2.82. The first-order valence-corrected chi connectivity index (χ1v) is 11.8. The molecule has 0 fully saturated rings. The normalized spacial score (nSPS) is 12.2. The van der Waals surface area contributed by atoms with Gasteiger partial charge >= 0.3 is 0 Å². The van der Waals surface area contributed by atoms with E-state index in [1.165, 1.54) is 43.3 Å². The molecule has 0 aromatic heterocycles. The van der Waals surface area contributed by atoms with Gasteiger partial charge in [0.1, 0.15) is 11.6 Å². The summed E-state index contributed by atoms with van der Waals surface area (Å²) in [5.74, 6) is -0.269. The predicted molar refractivity (Wildman–Crippen MR) is 127 cm³/mol. The van der Waals surface area contributed by atoms with Crippen LogP contribution in [0.3, 0.4) is 0 Å². The van der Waals surface area contributed by atoms with E-state index in [0.717, 1.165) is 9.87 Å². The zero-order chi connectivity index (χ0) is 24.3. The van der Waals surface area contributed by atoms with Gasteiger partial charge in [-0.05, 0) is 61.4 Å². The molecule has 0 aliphatic heterocycles. The summed E-state index contributed by atoms with van der Waals surface area (Å²) in [6.45, 7) is 3.58. The second-order valence-corrected chi connectivity index (χ2v) is 9.73. The zero-order valence-corrected chi connectivity index (χ0v) is 20.1. The van der Waals surface area contributed by atoms with Crippen molar-refractivity contribution in [1.29, 1.82) is 0 Å². The number of methoxy groups -OCH3 is 1. The minimum Gasteiger partial charge on any atom is -0.495 e. The highest BCUT2D eigenvalue weighted by molar-refractivity contribution is 7.92. The Bertz CT molecular complexity index is 1260. The Morgan fingerprint density at radius 1 is 1.00 bits per heavy atom. The van der Waals surface area contributed by atoms with Crippen molar-refractivity contribution < 1.29 is 22.3 Å². The van der Waals surface area contributed by atoms with Gasteiger partial charge in [-0.1, -0.05) is 30.3 Å². The number of sulfonamides is 1. The van der Waals surface area contributed by atoms with Crippen LogP contribution in [-0.2, 0) is 10.0 Å². The molecule has 0 N–H and O–H groups in total. The maximum absolute atomic E-state index is 13.4. The van der Waals surface area contributed by atoms with Crippen LogP contribution < -0.4 is 9.04 Å². The van der Waals surface area contributed by atoms with Gasteiger partial charge in [0.2, 0.25) is 0 Å². The first kappa shape index (κ1) is 24.3. The number of aryl methyl sites for hydroxylation is 1.